The number of rotatable bonds is 1. The Hall–Kier alpha value is -2.40. The third-order valence-electron chi connectivity index (χ3n) is 4.80. The number of carbonyl (C=O) groups excluding carboxylic acids is 1. The molecule has 2 atom stereocenters. The molecule has 1 aromatic carbocycles. The van der Waals surface area contributed by atoms with Gasteiger partial charge in [0.25, 0.3) is 0 Å². The molecule has 26 heavy (non-hydrogen) atoms. The van der Waals surface area contributed by atoms with Gasteiger partial charge in [-0.25, -0.2) is 0 Å². The number of phenols is 1. The van der Waals surface area contributed by atoms with Crippen LogP contribution in [-0.2, 0) is 15.1 Å². The minimum atomic E-state index is -1.15. The first kappa shape index (κ1) is 18.4. The predicted molar refractivity (Wildman–Crippen MR) is 94.8 cm³/mol. The van der Waals surface area contributed by atoms with Crippen molar-refractivity contribution in [1.29, 1.82) is 5.26 Å². The number of ether oxygens (including phenoxy) is 1. The van der Waals surface area contributed by atoms with Crippen molar-refractivity contribution in [2.75, 3.05) is 20.3 Å². The van der Waals surface area contributed by atoms with Gasteiger partial charge in [0, 0.05) is 0 Å². The van der Waals surface area contributed by atoms with Crippen LogP contribution in [0.3, 0.4) is 0 Å². The van der Waals surface area contributed by atoms with Crippen molar-refractivity contribution < 1.29 is 19.0 Å². The molecule has 0 radical (unpaired) electrons. The molecule has 2 N–H and O–H groups in total. The van der Waals surface area contributed by atoms with Crippen molar-refractivity contribution >= 4 is 18.5 Å². The summed E-state index contributed by atoms with van der Waals surface area (Å²) in [5.74, 6) is 0.476. The van der Waals surface area contributed by atoms with E-state index in [4.69, 9.17) is 10.00 Å². The van der Waals surface area contributed by atoms with Gasteiger partial charge in [0.15, 0.2) is 0 Å². The van der Waals surface area contributed by atoms with Crippen molar-refractivity contribution in [2.45, 2.75) is 31.2 Å². The van der Waals surface area contributed by atoms with Gasteiger partial charge in [0.2, 0.25) is 0 Å². The van der Waals surface area contributed by atoms with E-state index < -0.39 is 17.3 Å². The van der Waals surface area contributed by atoms with Crippen LogP contribution in [0, 0.1) is 23.0 Å². The molecule has 2 aliphatic heterocycles. The zero-order chi connectivity index (χ0) is 18.7. The number of benzene rings is 1. The summed E-state index contributed by atoms with van der Waals surface area (Å²) in [6.07, 6.45) is 4.92. The maximum atomic E-state index is 14.4. The normalized spacial score (nSPS) is 28.0. The van der Waals surface area contributed by atoms with Crippen LogP contribution in [0.1, 0.15) is 31.2 Å². The van der Waals surface area contributed by atoms with Gasteiger partial charge < -0.3 is 0 Å². The van der Waals surface area contributed by atoms with E-state index in [1.165, 1.54) is 43.2 Å². The van der Waals surface area contributed by atoms with Gasteiger partial charge in [-0.2, -0.15) is 0 Å². The SMILES string of the molecule is C1CC1.CN1C(=O)C2CCOCC2(c2cc(O)ccc2F)NC1=BC#N. The van der Waals surface area contributed by atoms with Crippen LogP contribution >= 0.6 is 0 Å². The molecule has 4 rings (SSSR count). The number of amides is 1. The Bertz CT molecular complexity index is 775. The van der Waals surface area contributed by atoms with Crippen LogP contribution in [0.5, 0.6) is 5.75 Å². The van der Waals surface area contributed by atoms with Crippen LogP contribution in [0.2, 0.25) is 0 Å². The summed E-state index contributed by atoms with van der Waals surface area (Å²) in [7, 11) is 1.57. The van der Waals surface area contributed by atoms with Crippen molar-refractivity contribution in [1.82, 2.24) is 10.2 Å². The summed E-state index contributed by atoms with van der Waals surface area (Å²) in [4.78, 5) is 14.1. The Morgan fingerprint density at radius 2 is 2.19 bits per heavy atom. The zero-order valence-electron chi connectivity index (χ0n) is 14.7. The molecule has 2 unspecified atom stereocenters. The van der Waals surface area contributed by atoms with E-state index in [1.54, 1.807) is 7.05 Å². The molecule has 2 heterocycles. The van der Waals surface area contributed by atoms with Crippen molar-refractivity contribution in [3.8, 4) is 11.7 Å². The van der Waals surface area contributed by atoms with E-state index in [9.17, 15) is 14.3 Å². The summed E-state index contributed by atoms with van der Waals surface area (Å²) in [6, 6.07) is 3.70. The molecule has 1 aliphatic carbocycles. The first-order valence-corrected chi connectivity index (χ1v) is 8.72. The molecule has 136 valence electrons. The number of phenolic OH excluding ortho intramolecular Hbond substituents is 1. The molecule has 3 fully saturated rings. The number of halogens is 1. The van der Waals surface area contributed by atoms with Crippen molar-refractivity contribution in [3.05, 3.63) is 29.6 Å². The predicted octanol–water partition coefficient (Wildman–Crippen LogP) is 1.27. The van der Waals surface area contributed by atoms with Crippen molar-refractivity contribution in [3.63, 3.8) is 0 Å². The number of fused-ring (bicyclic) bond motifs is 1. The Kier molecular flexibility index (Phi) is 5.28. The van der Waals surface area contributed by atoms with Crippen LogP contribution in [0.4, 0.5) is 4.39 Å². The van der Waals surface area contributed by atoms with Gasteiger partial charge in [-0.05, 0) is 0 Å². The molecule has 2 saturated heterocycles. The summed E-state index contributed by atoms with van der Waals surface area (Å²) in [5.41, 5.74) is -0.706. The molecular weight excluding hydrogens is 336 g/mol. The van der Waals surface area contributed by atoms with E-state index in [0.29, 0.717) is 13.0 Å². The number of nitrogens with one attached hydrogen (secondary N) is 1. The number of aromatic hydroxyl groups is 1. The van der Waals surface area contributed by atoms with E-state index in [-0.39, 0.29) is 29.5 Å². The van der Waals surface area contributed by atoms with E-state index >= 15 is 0 Å². The number of carbonyl (C=O) groups is 1. The van der Waals surface area contributed by atoms with Crippen LogP contribution in [0.15, 0.2) is 18.2 Å². The Morgan fingerprint density at radius 3 is 2.85 bits per heavy atom. The summed E-state index contributed by atoms with van der Waals surface area (Å²) < 4.78 is 20.0. The number of nitriles is 1. The first-order chi connectivity index (χ1) is 12.5. The fraction of sp³-hybridized carbons (Fsp3) is 0.500. The van der Waals surface area contributed by atoms with Gasteiger partial charge in [-0.15, -0.1) is 0 Å². The topological polar surface area (TPSA) is 85.6 Å². The second-order valence-electron chi connectivity index (χ2n) is 6.77. The Labute approximate surface area is 152 Å². The van der Waals surface area contributed by atoms with Crippen LogP contribution in [-0.4, -0.2) is 48.8 Å². The quantitative estimate of drug-likeness (QED) is 0.740. The monoisotopic (exact) mass is 357 g/mol. The number of nitrogens with zero attached hydrogens (tertiary/aromatic N) is 2. The zero-order valence-corrected chi connectivity index (χ0v) is 14.7. The third kappa shape index (κ3) is 3.44. The fourth-order valence-corrected chi connectivity index (χ4v) is 3.29. The van der Waals surface area contributed by atoms with Crippen LogP contribution < -0.4 is 5.32 Å². The summed E-state index contributed by atoms with van der Waals surface area (Å²) in [6.45, 7) is 1.66. The van der Waals surface area contributed by atoms with Gasteiger partial charge in [0.1, 0.15) is 0 Å². The third-order valence-corrected chi connectivity index (χ3v) is 4.80. The number of hydrogen-bond acceptors (Lipinski definition) is 5. The molecule has 0 bridgehead atoms. The minimum absolute atomic E-state index is 0.0698. The van der Waals surface area contributed by atoms with Gasteiger partial charge >= 0.3 is 132 Å². The average Bonchev–Trinajstić information content (AvgIpc) is 3.51. The first-order valence-electron chi connectivity index (χ1n) is 8.72. The molecule has 0 aromatic heterocycles. The van der Waals surface area contributed by atoms with Crippen molar-refractivity contribution in [2.24, 2.45) is 5.92 Å². The molecule has 1 saturated carbocycles. The maximum absolute atomic E-state index is 14.4. The van der Waals surface area contributed by atoms with E-state index in [2.05, 4.69) is 5.32 Å². The van der Waals surface area contributed by atoms with Gasteiger partial charge in [0.05, 0.1) is 0 Å². The average molecular weight is 357 g/mol. The molecule has 8 heteroatoms. The number of hydrogen-bond donors (Lipinski definition) is 2. The standard InChI is InChI=1S/C15H15BFN3O3.C3H6/c1-20-13(22)10-4-5-23-7-15(10,19-14(20)16-8-18)11-6-9(21)2-3-12(11)17;1-2-3-1/h2-3,6,10,19,21H,4-5,7H2,1H3;1-3H2. The second-order valence-corrected chi connectivity index (χ2v) is 6.77. The molecule has 0 spiro atoms. The van der Waals surface area contributed by atoms with Gasteiger partial charge in [-0.1, -0.05) is 19.3 Å². The second kappa shape index (κ2) is 7.46. The molecular formula is C18H21BFN3O3. The Balaban J connectivity index is 0.000000592. The fourth-order valence-electron chi connectivity index (χ4n) is 3.29. The molecule has 1 aromatic rings. The summed E-state index contributed by atoms with van der Waals surface area (Å²) >= 11 is 0. The summed E-state index contributed by atoms with van der Waals surface area (Å²) in [5, 5.41) is 21.8. The molecule has 3 aliphatic rings. The van der Waals surface area contributed by atoms with E-state index in [0.717, 1.165) is 6.07 Å². The Morgan fingerprint density at radius 1 is 1.46 bits per heavy atom. The van der Waals surface area contributed by atoms with E-state index in [1.807, 2.05) is 5.97 Å². The van der Waals surface area contributed by atoms with Crippen LogP contribution in [0.25, 0.3) is 0 Å². The van der Waals surface area contributed by atoms with Gasteiger partial charge in [-0.3, -0.25) is 0 Å². The molecule has 1 amide bonds. The molecule has 6 nitrogen and oxygen atoms in total.